The van der Waals surface area contributed by atoms with Crippen LogP contribution >= 0.6 is 0 Å². The minimum atomic E-state index is -0.229. The standard InChI is InChI=1S/C20H24N2O3/c1-3-5-13-25-18-11-9-15(10-12-18)20(24)22-17-8-6-7-16(14-17)19(23)21-4-2/h6-12,14H,3-5,13H2,1-2H3,(H,21,23)(H,22,24). The van der Waals surface area contributed by atoms with Gasteiger partial charge < -0.3 is 15.4 Å². The van der Waals surface area contributed by atoms with Gasteiger partial charge in [0.2, 0.25) is 0 Å². The molecule has 5 nitrogen and oxygen atoms in total. The lowest BCUT2D eigenvalue weighted by Gasteiger charge is -2.09. The van der Waals surface area contributed by atoms with Crippen molar-refractivity contribution in [3.63, 3.8) is 0 Å². The van der Waals surface area contributed by atoms with E-state index >= 15 is 0 Å². The third kappa shape index (κ3) is 5.64. The second-order valence-corrected chi connectivity index (χ2v) is 5.62. The van der Waals surface area contributed by atoms with Crippen LogP contribution in [0.2, 0.25) is 0 Å². The maximum Gasteiger partial charge on any atom is 0.255 e. The van der Waals surface area contributed by atoms with Crippen molar-refractivity contribution >= 4 is 17.5 Å². The minimum Gasteiger partial charge on any atom is -0.494 e. The second kappa shape index (κ2) is 9.47. The first-order valence-corrected chi connectivity index (χ1v) is 8.56. The highest BCUT2D eigenvalue weighted by atomic mass is 16.5. The van der Waals surface area contributed by atoms with Gasteiger partial charge >= 0.3 is 0 Å². The van der Waals surface area contributed by atoms with Crippen LogP contribution in [0, 0.1) is 0 Å². The fourth-order valence-electron chi connectivity index (χ4n) is 2.24. The van der Waals surface area contributed by atoms with Gasteiger partial charge in [-0.05, 0) is 55.8 Å². The molecule has 0 spiro atoms. The molecule has 0 radical (unpaired) electrons. The minimum absolute atomic E-state index is 0.160. The smallest absolute Gasteiger partial charge is 0.255 e. The van der Waals surface area contributed by atoms with Gasteiger partial charge in [-0.25, -0.2) is 0 Å². The molecule has 0 unspecified atom stereocenters. The monoisotopic (exact) mass is 340 g/mol. The van der Waals surface area contributed by atoms with Crippen LogP contribution in [0.25, 0.3) is 0 Å². The fourth-order valence-corrected chi connectivity index (χ4v) is 2.24. The summed E-state index contributed by atoms with van der Waals surface area (Å²) in [4.78, 5) is 24.2. The molecule has 2 rings (SSSR count). The lowest BCUT2D eigenvalue weighted by atomic mass is 10.1. The molecule has 0 bridgehead atoms. The Bertz CT molecular complexity index is 711. The van der Waals surface area contributed by atoms with Crippen LogP contribution in [0.5, 0.6) is 5.75 Å². The molecule has 2 aromatic carbocycles. The average molecular weight is 340 g/mol. The Kier molecular flexibility index (Phi) is 7.01. The Morgan fingerprint density at radius 1 is 0.960 bits per heavy atom. The van der Waals surface area contributed by atoms with E-state index in [-0.39, 0.29) is 11.8 Å². The first kappa shape index (κ1) is 18.5. The summed E-state index contributed by atoms with van der Waals surface area (Å²) in [7, 11) is 0. The number of rotatable bonds is 8. The van der Waals surface area contributed by atoms with E-state index in [2.05, 4.69) is 17.6 Å². The summed E-state index contributed by atoms with van der Waals surface area (Å²) in [6, 6.07) is 13.9. The molecule has 0 aromatic heterocycles. The number of hydrogen-bond acceptors (Lipinski definition) is 3. The Hall–Kier alpha value is -2.82. The van der Waals surface area contributed by atoms with E-state index < -0.39 is 0 Å². The fraction of sp³-hybridized carbons (Fsp3) is 0.300. The second-order valence-electron chi connectivity index (χ2n) is 5.62. The molecule has 2 aromatic rings. The number of carbonyl (C=O) groups is 2. The van der Waals surface area contributed by atoms with Crippen LogP contribution in [0.1, 0.15) is 47.4 Å². The van der Waals surface area contributed by atoms with E-state index in [0.29, 0.717) is 30.0 Å². The number of ether oxygens (including phenoxy) is 1. The van der Waals surface area contributed by atoms with Crippen molar-refractivity contribution in [2.75, 3.05) is 18.5 Å². The summed E-state index contributed by atoms with van der Waals surface area (Å²) in [5, 5.41) is 5.54. The highest BCUT2D eigenvalue weighted by Gasteiger charge is 2.09. The number of hydrogen-bond donors (Lipinski definition) is 2. The third-order valence-corrected chi connectivity index (χ3v) is 3.60. The Labute approximate surface area is 148 Å². The molecule has 0 aliphatic carbocycles. The Morgan fingerprint density at radius 2 is 1.72 bits per heavy atom. The van der Waals surface area contributed by atoms with Gasteiger partial charge in [0, 0.05) is 23.4 Å². The van der Waals surface area contributed by atoms with Crippen LogP contribution in [-0.2, 0) is 0 Å². The molecule has 5 heteroatoms. The van der Waals surface area contributed by atoms with Crippen molar-refractivity contribution in [1.82, 2.24) is 5.32 Å². The molecule has 2 amide bonds. The van der Waals surface area contributed by atoms with Gasteiger partial charge in [-0.3, -0.25) is 9.59 Å². The zero-order valence-corrected chi connectivity index (χ0v) is 14.7. The normalized spacial score (nSPS) is 10.2. The molecule has 0 fully saturated rings. The van der Waals surface area contributed by atoms with Crippen LogP contribution < -0.4 is 15.4 Å². The summed E-state index contributed by atoms with van der Waals surface area (Å²) < 4.78 is 5.59. The maximum atomic E-state index is 12.3. The van der Waals surface area contributed by atoms with Crippen LogP contribution in [-0.4, -0.2) is 25.0 Å². The van der Waals surface area contributed by atoms with E-state index in [1.807, 2.05) is 6.92 Å². The predicted octanol–water partition coefficient (Wildman–Crippen LogP) is 3.87. The molecule has 0 atom stereocenters. The Morgan fingerprint density at radius 3 is 2.40 bits per heavy atom. The molecule has 132 valence electrons. The van der Waals surface area contributed by atoms with Crippen molar-refractivity contribution < 1.29 is 14.3 Å². The van der Waals surface area contributed by atoms with E-state index in [4.69, 9.17) is 4.74 Å². The Balaban J connectivity index is 1.99. The van der Waals surface area contributed by atoms with E-state index in [1.165, 1.54) is 0 Å². The third-order valence-electron chi connectivity index (χ3n) is 3.60. The number of benzene rings is 2. The number of amides is 2. The lowest BCUT2D eigenvalue weighted by Crippen LogP contribution is -2.22. The lowest BCUT2D eigenvalue weighted by molar-refractivity contribution is 0.0954. The molecule has 0 saturated carbocycles. The molecule has 25 heavy (non-hydrogen) atoms. The van der Waals surface area contributed by atoms with Crippen LogP contribution in [0.4, 0.5) is 5.69 Å². The molecule has 0 aliphatic heterocycles. The van der Waals surface area contributed by atoms with Gasteiger partial charge in [-0.15, -0.1) is 0 Å². The molecular weight excluding hydrogens is 316 g/mol. The van der Waals surface area contributed by atoms with Crippen LogP contribution in [0.3, 0.4) is 0 Å². The number of anilines is 1. The molecule has 0 saturated heterocycles. The highest BCUT2D eigenvalue weighted by molar-refractivity contribution is 6.05. The topological polar surface area (TPSA) is 67.4 Å². The number of carbonyl (C=O) groups excluding carboxylic acids is 2. The number of unbranched alkanes of at least 4 members (excludes halogenated alkanes) is 1. The first-order chi connectivity index (χ1) is 12.1. The van der Waals surface area contributed by atoms with Crippen molar-refractivity contribution in [1.29, 1.82) is 0 Å². The first-order valence-electron chi connectivity index (χ1n) is 8.56. The van der Waals surface area contributed by atoms with Gasteiger partial charge in [0.25, 0.3) is 11.8 Å². The summed E-state index contributed by atoms with van der Waals surface area (Å²) in [6.45, 7) is 5.20. The summed E-state index contributed by atoms with van der Waals surface area (Å²) in [6.07, 6.45) is 2.08. The van der Waals surface area contributed by atoms with Crippen molar-refractivity contribution in [3.05, 3.63) is 59.7 Å². The summed E-state index contributed by atoms with van der Waals surface area (Å²) >= 11 is 0. The largest absolute Gasteiger partial charge is 0.494 e. The van der Waals surface area contributed by atoms with Gasteiger partial charge in [-0.2, -0.15) is 0 Å². The maximum absolute atomic E-state index is 12.3. The van der Waals surface area contributed by atoms with E-state index in [9.17, 15) is 9.59 Å². The SMILES string of the molecule is CCCCOc1ccc(C(=O)Nc2cccc(C(=O)NCC)c2)cc1. The molecule has 0 aliphatic rings. The summed E-state index contributed by atoms with van der Waals surface area (Å²) in [5.74, 6) is 0.364. The van der Waals surface area contributed by atoms with Crippen LogP contribution in [0.15, 0.2) is 48.5 Å². The molecular formula is C20H24N2O3. The quantitative estimate of drug-likeness (QED) is 0.717. The van der Waals surface area contributed by atoms with Gasteiger partial charge in [-0.1, -0.05) is 19.4 Å². The van der Waals surface area contributed by atoms with E-state index in [0.717, 1.165) is 18.6 Å². The molecule has 2 N–H and O–H groups in total. The van der Waals surface area contributed by atoms with Crippen molar-refractivity contribution in [2.45, 2.75) is 26.7 Å². The summed E-state index contributed by atoms with van der Waals surface area (Å²) in [5.41, 5.74) is 1.63. The van der Waals surface area contributed by atoms with E-state index in [1.54, 1.807) is 48.5 Å². The highest BCUT2D eigenvalue weighted by Crippen LogP contribution is 2.16. The zero-order chi connectivity index (χ0) is 18.1. The van der Waals surface area contributed by atoms with Gasteiger partial charge in [0.05, 0.1) is 6.61 Å². The predicted molar refractivity (Wildman–Crippen MR) is 99.2 cm³/mol. The average Bonchev–Trinajstić information content (AvgIpc) is 2.63. The van der Waals surface area contributed by atoms with Gasteiger partial charge in [0.15, 0.2) is 0 Å². The van der Waals surface area contributed by atoms with Crippen molar-refractivity contribution in [2.24, 2.45) is 0 Å². The molecule has 0 heterocycles. The zero-order valence-electron chi connectivity index (χ0n) is 14.7. The van der Waals surface area contributed by atoms with Crippen molar-refractivity contribution in [3.8, 4) is 5.75 Å². The number of nitrogens with one attached hydrogen (secondary N) is 2. The van der Waals surface area contributed by atoms with Gasteiger partial charge in [0.1, 0.15) is 5.75 Å².